The molecule has 2 aromatic rings. The van der Waals surface area contributed by atoms with E-state index in [9.17, 15) is 18.8 Å². The van der Waals surface area contributed by atoms with E-state index in [2.05, 4.69) is 10.6 Å². The van der Waals surface area contributed by atoms with Crippen LogP contribution < -0.4 is 10.6 Å². The van der Waals surface area contributed by atoms with Gasteiger partial charge in [-0.15, -0.1) is 0 Å². The molecule has 0 saturated carbocycles. The molecule has 0 bridgehead atoms. The molecule has 29 heavy (non-hydrogen) atoms. The predicted octanol–water partition coefficient (Wildman–Crippen LogP) is 3.93. The van der Waals surface area contributed by atoms with Crippen molar-refractivity contribution in [1.29, 1.82) is 0 Å². The van der Waals surface area contributed by atoms with Gasteiger partial charge in [-0.25, -0.2) is 4.39 Å². The Bertz CT molecular complexity index is 933. The van der Waals surface area contributed by atoms with Crippen molar-refractivity contribution in [2.75, 3.05) is 23.7 Å². The van der Waals surface area contributed by atoms with E-state index in [1.165, 1.54) is 31.2 Å². The van der Waals surface area contributed by atoms with Crippen molar-refractivity contribution in [3.8, 4) is 0 Å². The summed E-state index contributed by atoms with van der Waals surface area (Å²) in [4.78, 5) is 38.1. The van der Waals surface area contributed by atoms with Crippen LogP contribution in [0.1, 0.15) is 30.1 Å². The van der Waals surface area contributed by atoms with Crippen molar-refractivity contribution in [2.24, 2.45) is 5.92 Å². The zero-order valence-electron chi connectivity index (χ0n) is 15.9. The fourth-order valence-corrected chi connectivity index (χ4v) is 3.51. The Morgan fingerprint density at radius 1 is 1.10 bits per heavy atom. The van der Waals surface area contributed by atoms with Crippen molar-refractivity contribution in [3.63, 3.8) is 0 Å². The second-order valence-corrected chi connectivity index (χ2v) is 7.37. The molecule has 0 aromatic heterocycles. The topological polar surface area (TPSA) is 78.5 Å². The SMILES string of the molecule is CC(=O)Nc1ccc(NC(=O)C2CCCN(C(=O)c3ccc(F)cc3)C2)c(Cl)c1. The lowest BCUT2D eigenvalue weighted by molar-refractivity contribution is -0.121. The Balaban J connectivity index is 1.64. The molecule has 0 radical (unpaired) electrons. The van der Waals surface area contributed by atoms with Gasteiger partial charge in [0.25, 0.3) is 5.91 Å². The van der Waals surface area contributed by atoms with Crippen molar-refractivity contribution in [1.82, 2.24) is 4.90 Å². The van der Waals surface area contributed by atoms with Gasteiger partial charge >= 0.3 is 0 Å². The molecule has 1 saturated heterocycles. The van der Waals surface area contributed by atoms with Crippen LogP contribution in [0, 0.1) is 11.7 Å². The average molecular weight is 418 g/mol. The van der Waals surface area contributed by atoms with E-state index in [1.807, 2.05) is 0 Å². The third-order valence-electron chi connectivity index (χ3n) is 4.72. The van der Waals surface area contributed by atoms with Crippen LogP contribution in [-0.4, -0.2) is 35.7 Å². The molecule has 1 heterocycles. The van der Waals surface area contributed by atoms with E-state index < -0.39 is 5.82 Å². The normalized spacial score (nSPS) is 16.2. The number of carbonyl (C=O) groups excluding carboxylic acids is 3. The summed E-state index contributed by atoms with van der Waals surface area (Å²) in [6, 6.07) is 10.2. The Morgan fingerprint density at radius 3 is 2.48 bits per heavy atom. The van der Waals surface area contributed by atoms with Gasteiger partial charge in [0, 0.05) is 31.3 Å². The maximum atomic E-state index is 13.1. The standard InChI is InChI=1S/C21H21ClFN3O3/c1-13(27)24-17-8-9-19(18(22)11-17)25-20(28)15-3-2-10-26(12-15)21(29)14-4-6-16(23)7-5-14/h4-9,11,15H,2-3,10,12H2,1H3,(H,24,27)(H,25,28). The molecule has 152 valence electrons. The maximum absolute atomic E-state index is 13.1. The highest BCUT2D eigenvalue weighted by atomic mass is 35.5. The first kappa shape index (κ1) is 20.8. The van der Waals surface area contributed by atoms with Gasteiger partial charge in [-0.05, 0) is 55.3 Å². The summed E-state index contributed by atoms with van der Waals surface area (Å²) in [5.74, 6) is -1.44. The second-order valence-electron chi connectivity index (χ2n) is 6.96. The van der Waals surface area contributed by atoms with Gasteiger partial charge < -0.3 is 15.5 Å². The monoisotopic (exact) mass is 417 g/mol. The van der Waals surface area contributed by atoms with Gasteiger partial charge in [0.1, 0.15) is 5.82 Å². The zero-order chi connectivity index (χ0) is 21.0. The number of rotatable bonds is 4. The van der Waals surface area contributed by atoms with Gasteiger partial charge in [-0.2, -0.15) is 0 Å². The zero-order valence-corrected chi connectivity index (χ0v) is 16.6. The van der Waals surface area contributed by atoms with Gasteiger partial charge in [0.05, 0.1) is 16.6 Å². The third kappa shape index (κ3) is 5.32. The number of likely N-dealkylation sites (tertiary alicyclic amines) is 1. The van der Waals surface area contributed by atoms with E-state index in [0.717, 1.165) is 0 Å². The molecule has 1 aliphatic heterocycles. The van der Waals surface area contributed by atoms with Gasteiger partial charge in [0.2, 0.25) is 11.8 Å². The number of hydrogen-bond donors (Lipinski definition) is 2. The smallest absolute Gasteiger partial charge is 0.253 e. The largest absolute Gasteiger partial charge is 0.338 e. The van der Waals surface area contributed by atoms with E-state index >= 15 is 0 Å². The number of nitrogens with one attached hydrogen (secondary N) is 2. The summed E-state index contributed by atoms with van der Waals surface area (Å²) in [6.07, 6.45) is 1.35. The summed E-state index contributed by atoms with van der Waals surface area (Å²) in [5.41, 5.74) is 1.37. The molecular formula is C21H21ClFN3O3. The lowest BCUT2D eigenvalue weighted by atomic mass is 9.96. The van der Waals surface area contributed by atoms with Crippen molar-refractivity contribution >= 4 is 40.7 Å². The molecule has 6 nitrogen and oxygen atoms in total. The van der Waals surface area contributed by atoms with Crippen LogP contribution in [0.2, 0.25) is 5.02 Å². The number of amides is 3. The van der Waals surface area contributed by atoms with Crippen molar-refractivity contribution in [2.45, 2.75) is 19.8 Å². The molecule has 1 atom stereocenters. The molecule has 2 N–H and O–H groups in total. The fraction of sp³-hybridized carbons (Fsp3) is 0.286. The number of benzene rings is 2. The van der Waals surface area contributed by atoms with Gasteiger partial charge in [-0.3, -0.25) is 14.4 Å². The van der Waals surface area contributed by atoms with Crippen molar-refractivity contribution in [3.05, 3.63) is 58.9 Å². The number of hydrogen-bond acceptors (Lipinski definition) is 3. The maximum Gasteiger partial charge on any atom is 0.253 e. The fourth-order valence-electron chi connectivity index (χ4n) is 3.28. The molecule has 0 aliphatic carbocycles. The second kappa shape index (κ2) is 9.05. The minimum absolute atomic E-state index is 0.217. The Hall–Kier alpha value is -2.93. The lowest BCUT2D eigenvalue weighted by Gasteiger charge is -2.32. The molecule has 0 spiro atoms. The number of piperidine rings is 1. The number of anilines is 2. The molecule has 3 rings (SSSR count). The van der Waals surface area contributed by atoms with Crippen LogP contribution in [0.25, 0.3) is 0 Å². The Morgan fingerprint density at radius 2 is 1.83 bits per heavy atom. The molecule has 3 amide bonds. The van der Waals surface area contributed by atoms with E-state index in [0.29, 0.717) is 41.3 Å². The molecular weight excluding hydrogens is 397 g/mol. The highest BCUT2D eigenvalue weighted by Gasteiger charge is 2.29. The quantitative estimate of drug-likeness (QED) is 0.791. The van der Waals surface area contributed by atoms with E-state index in [4.69, 9.17) is 11.6 Å². The van der Waals surface area contributed by atoms with E-state index in [1.54, 1.807) is 23.1 Å². The van der Waals surface area contributed by atoms with Crippen LogP contribution >= 0.6 is 11.6 Å². The summed E-state index contributed by atoms with van der Waals surface area (Å²) >= 11 is 6.21. The van der Waals surface area contributed by atoms with Crippen LogP contribution in [0.4, 0.5) is 15.8 Å². The Kier molecular flexibility index (Phi) is 6.49. The third-order valence-corrected chi connectivity index (χ3v) is 5.03. The molecule has 2 aromatic carbocycles. The Labute approximate surface area is 173 Å². The lowest BCUT2D eigenvalue weighted by Crippen LogP contribution is -2.43. The number of carbonyl (C=O) groups is 3. The molecule has 1 aliphatic rings. The van der Waals surface area contributed by atoms with Crippen LogP contribution in [0.15, 0.2) is 42.5 Å². The minimum Gasteiger partial charge on any atom is -0.338 e. The minimum atomic E-state index is -0.404. The van der Waals surface area contributed by atoms with Gasteiger partial charge in [-0.1, -0.05) is 11.6 Å². The predicted molar refractivity (Wildman–Crippen MR) is 109 cm³/mol. The summed E-state index contributed by atoms with van der Waals surface area (Å²) in [5, 5.41) is 5.72. The highest BCUT2D eigenvalue weighted by molar-refractivity contribution is 6.34. The number of nitrogens with zero attached hydrogens (tertiary/aromatic N) is 1. The number of halogens is 2. The van der Waals surface area contributed by atoms with Crippen LogP contribution in [0.5, 0.6) is 0 Å². The van der Waals surface area contributed by atoms with Crippen LogP contribution in [-0.2, 0) is 9.59 Å². The molecule has 8 heteroatoms. The molecule has 1 unspecified atom stereocenters. The summed E-state index contributed by atoms with van der Waals surface area (Å²) in [7, 11) is 0. The first-order chi connectivity index (χ1) is 13.8. The van der Waals surface area contributed by atoms with Crippen LogP contribution in [0.3, 0.4) is 0 Å². The molecule has 1 fully saturated rings. The first-order valence-corrected chi connectivity index (χ1v) is 9.64. The highest BCUT2D eigenvalue weighted by Crippen LogP contribution is 2.27. The first-order valence-electron chi connectivity index (χ1n) is 9.26. The summed E-state index contributed by atoms with van der Waals surface area (Å²) < 4.78 is 13.1. The van der Waals surface area contributed by atoms with Gasteiger partial charge in [0.15, 0.2) is 0 Å². The van der Waals surface area contributed by atoms with E-state index in [-0.39, 0.29) is 30.2 Å². The average Bonchev–Trinajstić information content (AvgIpc) is 2.69. The van der Waals surface area contributed by atoms with Crippen molar-refractivity contribution < 1.29 is 18.8 Å². The summed E-state index contributed by atoms with van der Waals surface area (Å²) in [6.45, 7) is 2.22.